The molecule has 4 nitrogen and oxygen atoms in total. The Hall–Kier alpha value is -3.67. The Morgan fingerprint density at radius 2 is 1.03 bits per heavy atom. The minimum absolute atomic E-state index is 0.387. The van der Waals surface area contributed by atoms with Gasteiger partial charge in [0, 0.05) is 0 Å². The molecule has 5 heteroatoms. The molecule has 0 spiro atoms. The standard InChI is InChI=1S/C29H23NO3S/c31-25(21-13-5-1-6-14-21)26-27(32)30(28(33)34-26)29(22-15-7-2-8-16-22,23-17-9-3-10-18-23)24-19-11-4-12-20-24/h1-20,25-26,31H. The molecule has 0 saturated carbocycles. The molecule has 0 radical (unpaired) electrons. The fourth-order valence-corrected chi connectivity index (χ4v) is 5.72. The van der Waals surface area contributed by atoms with Crippen LogP contribution in [-0.4, -0.2) is 26.4 Å². The van der Waals surface area contributed by atoms with E-state index < -0.39 is 22.8 Å². The van der Waals surface area contributed by atoms with Gasteiger partial charge < -0.3 is 5.11 Å². The molecular weight excluding hydrogens is 442 g/mol. The third-order valence-corrected chi connectivity index (χ3v) is 7.31. The van der Waals surface area contributed by atoms with Crippen LogP contribution >= 0.6 is 11.8 Å². The smallest absolute Gasteiger partial charge is 0.290 e. The number of aliphatic hydroxyl groups excluding tert-OH is 1. The van der Waals surface area contributed by atoms with Crippen molar-refractivity contribution >= 4 is 22.9 Å². The fourth-order valence-electron chi connectivity index (χ4n) is 4.68. The highest BCUT2D eigenvalue weighted by Crippen LogP contribution is 2.49. The molecule has 1 saturated heterocycles. The predicted octanol–water partition coefficient (Wildman–Crippen LogP) is 5.78. The normalized spacial score (nSPS) is 17.1. The van der Waals surface area contributed by atoms with E-state index in [9.17, 15) is 14.7 Å². The zero-order valence-electron chi connectivity index (χ0n) is 18.3. The van der Waals surface area contributed by atoms with Gasteiger partial charge in [0.2, 0.25) is 5.91 Å². The first-order chi connectivity index (χ1) is 16.6. The number of carbonyl (C=O) groups is 2. The molecule has 0 bridgehead atoms. The van der Waals surface area contributed by atoms with Crippen LogP contribution in [0.1, 0.15) is 28.4 Å². The quantitative estimate of drug-likeness (QED) is 0.367. The molecule has 1 N–H and O–H groups in total. The summed E-state index contributed by atoms with van der Waals surface area (Å²) in [5, 5.41) is 9.76. The molecule has 34 heavy (non-hydrogen) atoms. The van der Waals surface area contributed by atoms with E-state index >= 15 is 0 Å². The second-order valence-electron chi connectivity index (χ2n) is 8.14. The fraction of sp³-hybridized carbons (Fsp3) is 0.103. The summed E-state index contributed by atoms with van der Waals surface area (Å²) < 4.78 is 0. The lowest BCUT2D eigenvalue weighted by Gasteiger charge is -2.42. The van der Waals surface area contributed by atoms with E-state index in [1.807, 2.05) is 109 Å². The number of thioether (sulfide) groups is 1. The first-order valence-electron chi connectivity index (χ1n) is 11.1. The van der Waals surface area contributed by atoms with E-state index in [1.54, 1.807) is 12.1 Å². The van der Waals surface area contributed by atoms with Crippen LogP contribution in [0.5, 0.6) is 0 Å². The van der Waals surface area contributed by atoms with Gasteiger partial charge in [-0.15, -0.1) is 0 Å². The molecule has 0 aromatic heterocycles. The highest BCUT2D eigenvalue weighted by molar-refractivity contribution is 8.15. The molecule has 1 heterocycles. The molecule has 2 atom stereocenters. The number of imide groups is 1. The molecular formula is C29H23NO3S. The summed E-state index contributed by atoms with van der Waals surface area (Å²) in [6, 6.07) is 37.8. The Bertz CT molecular complexity index is 1180. The van der Waals surface area contributed by atoms with Gasteiger partial charge in [-0.2, -0.15) is 0 Å². The van der Waals surface area contributed by atoms with Gasteiger partial charge in [0.25, 0.3) is 5.24 Å². The van der Waals surface area contributed by atoms with Crippen molar-refractivity contribution in [3.8, 4) is 0 Å². The number of aliphatic hydroxyl groups is 1. The van der Waals surface area contributed by atoms with E-state index in [0.717, 1.165) is 28.5 Å². The minimum Gasteiger partial charge on any atom is -0.387 e. The van der Waals surface area contributed by atoms with Crippen LogP contribution in [-0.2, 0) is 10.3 Å². The number of carbonyl (C=O) groups excluding carboxylic acids is 2. The Labute approximate surface area is 202 Å². The van der Waals surface area contributed by atoms with Gasteiger partial charge in [-0.1, -0.05) is 121 Å². The van der Waals surface area contributed by atoms with Crippen LogP contribution in [0.4, 0.5) is 4.79 Å². The molecule has 5 rings (SSSR count). The van der Waals surface area contributed by atoms with Crippen LogP contribution in [0, 0.1) is 0 Å². The lowest BCUT2D eigenvalue weighted by atomic mass is 9.75. The number of rotatable bonds is 6. The highest BCUT2D eigenvalue weighted by Gasteiger charge is 2.55. The average Bonchev–Trinajstić information content (AvgIpc) is 3.21. The van der Waals surface area contributed by atoms with Crippen molar-refractivity contribution in [2.24, 2.45) is 0 Å². The Morgan fingerprint density at radius 1 is 0.647 bits per heavy atom. The summed E-state index contributed by atoms with van der Waals surface area (Å²) in [7, 11) is 0. The molecule has 4 aromatic carbocycles. The number of benzene rings is 4. The molecule has 1 aliphatic heterocycles. The van der Waals surface area contributed by atoms with E-state index in [4.69, 9.17) is 0 Å². The minimum atomic E-state index is -1.18. The SMILES string of the molecule is O=C1SC(C(O)c2ccccc2)C(=O)N1C(c1ccccc1)(c1ccccc1)c1ccccc1. The average molecular weight is 466 g/mol. The monoisotopic (exact) mass is 465 g/mol. The second kappa shape index (κ2) is 9.29. The zero-order valence-corrected chi connectivity index (χ0v) is 19.1. The number of amides is 2. The highest BCUT2D eigenvalue weighted by atomic mass is 32.2. The van der Waals surface area contributed by atoms with Crippen LogP contribution in [0.3, 0.4) is 0 Å². The van der Waals surface area contributed by atoms with Crippen molar-refractivity contribution in [2.75, 3.05) is 0 Å². The van der Waals surface area contributed by atoms with Gasteiger partial charge in [-0.25, -0.2) is 0 Å². The molecule has 0 aliphatic carbocycles. The summed E-state index contributed by atoms with van der Waals surface area (Å²) in [5.74, 6) is -0.414. The maximum atomic E-state index is 14.0. The van der Waals surface area contributed by atoms with Crippen molar-refractivity contribution in [1.82, 2.24) is 4.90 Å². The Balaban J connectivity index is 1.73. The molecule has 1 fully saturated rings. The van der Waals surface area contributed by atoms with Gasteiger partial charge in [0.1, 0.15) is 16.9 Å². The summed E-state index contributed by atoms with van der Waals surface area (Å²) in [6.45, 7) is 0. The van der Waals surface area contributed by atoms with Crippen molar-refractivity contribution in [3.63, 3.8) is 0 Å². The summed E-state index contributed by atoms with van der Waals surface area (Å²) in [5.41, 5.74) is 1.81. The van der Waals surface area contributed by atoms with Crippen LogP contribution in [0.2, 0.25) is 0 Å². The summed E-state index contributed by atoms with van der Waals surface area (Å²) in [4.78, 5) is 29.0. The third kappa shape index (κ3) is 3.63. The van der Waals surface area contributed by atoms with Gasteiger partial charge in [0.05, 0.1) is 0 Å². The van der Waals surface area contributed by atoms with Crippen LogP contribution in [0.15, 0.2) is 121 Å². The van der Waals surface area contributed by atoms with Gasteiger partial charge in [0.15, 0.2) is 0 Å². The topological polar surface area (TPSA) is 57.6 Å². The first kappa shape index (κ1) is 22.1. The second-order valence-corrected chi connectivity index (χ2v) is 9.23. The summed E-state index contributed by atoms with van der Waals surface area (Å²) >= 11 is 0.883. The number of nitrogens with zero attached hydrogens (tertiary/aromatic N) is 1. The molecule has 2 amide bonds. The maximum absolute atomic E-state index is 14.0. The van der Waals surface area contributed by atoms with Gasteiger partial charge in [-0.3, -0.25) is 14.5 Å². The maximum Gasteiger partial charge on any atom is 0.290 e. The van der Waals surface area contributed by atoms with Crippen molar-refractivity contribution in [3.05, 3.63) is 144 Å². The van der Waals surface area contributed by atoms with E-state index in [0.29, 0.717) is 5.56 Å². The van der Waals surface area contributed by atoms with Crippen molar-refractivity contribution < 1.29 is 14.7 Å². The lowest BCUT2D eigenvalue weighted by molar-refractivity contribution is -0.131. The summed E-state index contributed by atoms with van der Waals surface area (Å²) in [6.07, 6.45) is -1.10. The molecule has 4 aromatic rings. The molecule has 168 valence electrons. The van der Waals surface area contributed by atoms with Crippen LogP contribution in [0.25, 0.3) is 0 Å². The lowest BCUT2D eigenvalue weighted by Crippen LogP contribution is -2.51. The first-order valence-corrected chi connectivity index (χ1v) is 12.0. The third-order valence-electron chi connectivity index (χ3n) is 6.21. The van der Waals surface area contributed by atoms with Gasteiger partial charge >= 0.3 is 0 Å². The predicted molar refractivity (Wildman–Crippen MR) is 134 cm³/mol. The number of hydrogen-bond acceptors (Lipinski definition) is 4. The Kier molecular flexibility index (Phi) is 6.05. The van der Waals surface area contributed by atoms with E-state index in [1.165, 1.54) is 4.90 Å². The largest absolute Gasteiger partial charge is 0.387 e. The Morgan fingerprint density at radius 3 is 1.44 bits per heavy atom. The van der Waals surface area contributed by atoms with Crippen molar-refractivity contribution in [2.45, 2.75) is 16.9 Å². The van der Waals surface area contributed by atoms with E-state index in [2.05, 4.69) is 0 Å². The molecule has 1 aliphatic rings. The molecule has 2 unspecified atom stereocenters. The number of hydrogen-bond donors (Lipinski definition) is 1. The van der Waals surface area contributed by atoms with Crippen molar-refractivity contribution in [1.29, 1.82) is 0 Å². The van der Waals surface area contributed by atoms with Gasteiger partial charge in [-0.05, 0) is 34.0 Å². The van der Waals surface area contributed by atoms with E-state index in [-0.39, 0.29) is 5.24 Å². The zero-order chi connectivity index (χ0) is 23.5. The van der Waals surface area contributed by atoms with Crippen LogP contribution < -0.4 is 0 Å².